The van der Waals surface area contributed by atoms with E-state index >= 15 is 0 Å². The molecule has 3 aromatic rings. The predicted molar refractivity (Wildman–Crippen MR) is 82.0 cm³/mol. The Morgan fingerprint density at radius 2 is 1.87 bits per heavy atom. The molecule has 0 aliphatic heterocycles. The topological polar surface area (TPSA) is 72.7 Å². The summed E-state index contributed by atoms with van der Waals surface area (Å²) in [5.41, 5.74) is 0.0322. The monoisotopic (exact) mass is 311 g/mol. The molecule has 0 saturated carbocycles. The van der Waals surface area contributed by atoms with Gasteiger partial charge in [0.2, 0.25) is 0 Å². The summed E-state index contributed by atoms with van der Waals surface area (Å²) in [7, 11) is 0. The Labute approximate surface area is 132 Å². The van der Waals surface area contributed by atoms with Crippen molar-refractivity contribution in [2.75, 3.05) is 6.54 Å². The Bertz CT molecular complexity index is 803. The first kappa shape index (κ1) is 14.8. The van der Waals surface area contributed by atoms with Crippen LogP contribution in [0.25, 0.3) is 11.6 Å². The Morgan fingerprint density at radius 1 is 1.09 bits per heavy atom. The lowest BCUT2D eigenvalue weighted by Crippen LogP contribution is -2.28. The van der Waals surface area contributed by atoms with Gasteiger partial charge in [-0.2, -0.15) is 0 Å². The fraction of sp³-hybridized carbons (Fsp3) is 0.125. The summed E-state index contributed by atoms with van der Waals surface area (Å²) in [5.74, 6) is 0.149. The molecule has 0 radical (unpaired) electrons. The fourth-order valence-corrected chi connectivity index (χ4v) is 2.14. The third-order valence-electron chi connectivity index (χ3n) is 3.24. The molecular weight excluding hydrogens is 297 g/mol. The van der Waals surface area contributed by atoms with Crippen LogP contribution in [0.4, 0.5) is 4.39 Å². The number of aromatic nitrogens is 4. The van der Waals surface area contributed by atoms with Crippen molar-refractivity contribution in [2.45, 2.75) is 6.54 Å². The van der Waals surface area contributed by atoms with E-state index in [1.807, 2.05) is 4.57 Å². The van der Waals surface area contributed by atoms with Crippen molar-refractivity contribution in [2.24, 2.45) is 0 Å². The molecule has 2 heterocycles. The highest BCUT2D eigenvalue weighted by molar-refractivity contribution is 5.94. The quantitative estimate of drug-likeness (QED) is 0.781. The van der Waals surface area contributed by atoms with Crippen molar-refractivity contribution in [3.63, 3.8) is 0 Å². The molecule has 0 atom stereocenters. The molecule has 1 aromatic carbocycles. The van der Waals surface area contributed by atoms with Gasteiger partial charge >= 0.3 is 0 Å². The molecule has 0 aliphatic carbocycles. The molecule has 0 aliphatic rings. The molecule has 2 aromatic heterocycles. The molecule has 116 valence electrons. The average molecular weight is 311 g/mol. The van der Waals surface area contributed by atoms with Gasteiger partial charge in [-0.15, -0.1) is 0 Å². The van der Waals surface area contributed by atoms with Crippen LogP contribution in [0.2, 0.25) is 0 Å². The normalized spacial score (nSPS) is 10.5. The van der Waals surface area contributed by atoms with Crippen molar-refractivity contribution in [3.8, 4) is 11.6 Å². The number of benzene rings is 1. The third kappa shape index (κ3) is 3.39. The minimum Gasteiger partial charge on any atom is -0.350 e. The molecule has 0 bridgehead atoms. The number of carbonyl (C=O) groups excluding carboxylic acids is 1. The Morgan fingerprint density at radius 3 is 2.65 bits per heavy atom. The highest BCUT2D eigenvalue weighted by Gasteiger charge is 2.11. The molecule has 1 N–H and O–H groups in total. The number of nitrogens with zero attached hydrogens (tertiary/aromatic N) is 4. The number of hydrogen-bond acceptors (Lipinski definition) is 4. The lowest BCUT2D eigenvalue weighted by atomic mass is 10.2. The second-order valence-electron chi connectivity index (χ2n) is 4.75. The van der Waals surface area contributed by atoms with Gasteiger partial charge in [-0.1, -0.05) is 12.1 Å². The largest absolute Gasteiger partial charge is 0.350 e. The Kier molecular flexibility index (Phi) is 4.37. The van der Waals surface area contributed by atoms with Crippen LogP contribution in [-0.2, 0) is 6.54 Å². The van der Waals surface area contributed by atoms with Gasteiger partial charge in [-0.05, 0) is 18.2 Å². The van der Waals surface area contributed by atoms with Gasteiger partial charge in [0, 0.05) is 37.9 Å². The smallest absolute Gasteiger partial charge is 0.254 e. The molecule has 0 unspecified atom stereocenters. The van der Waals surface area contributed by atoms with Crippen LogP contribution in [-0.4, -0.2) is 32.0 Å². The minimum atomic E-state index is -0.536. The van der Waals surface area contributed by atoms with Crippen LogP contribution in [0, 0.1) is 5.82 Å². The third-order valence-corrected chi connectivity index (χ3v) is 3.24. The van der Waals surface area contributed by atoms with E-state index in [0.29, 0.717) is 24.7 Å². The zero-order chi connectivity index (χ0) is 16.1. The van der Waals surface area contributed by atoms with Gasteiger partial charge in [-0.25, -0.2) is 19.3 Å². The maximum Gasteiger partial charge on any atom is 0.254 e. The van der Waals surface area contributed by atoms with Crippen molar-refractivity contribution in [1.29, 1.82) is 0 Å². The van der Waals surface area contributed by atoms with Crippen LogP contribution in [0.5, 0.6) is 0 Å². The Balaban J connectivity index is 1.63. The summed E-state index contributed by atoms with van der Waals surface area (Å²) in [6, 6.07) is 7.61. The molecule has 0 fully saturated rings. The van der Waals surface area contributed by atoms with E-state index < -0.39 is 11.7 Å². The average Bonchev–Trinajstić information content (AvgIpc) is 3.04. The maximum absolute atomic E-state index is 13.5. The highest BCUT2D eigenvalue weighted by Crippen LogP contribution is 2.11. The number of nitrogens with one attached hydrogen (secondary N) is 1. The van der Waals surface area contributed by atoms with E-state index in [2.05, 4.69) is 20.3 Å². The summed E-state index contributed by atoms with van der Waals surface area (Å²) >= 11 is 0. The number of hydrogen-bond donors (Lipinski definition) is 1. The van der Waals surface area contributed by atoms with Gasteiger partial charge in [0.05, 0.1) is 5.56 Å². The molecule has 7 heteroatoms. The fourth-order valence-electron chi connectivity index (χ4n) is 2.14. The number of imidazole rings is 1. The van der Waals surface area contributed by atoms with Crippen molar-refractivity contribution >= 4 is 5.91 Å². The van der Waals surface area contributed by atoms with Gasteiger partial charge in [-0.3, -0.25) is 4.79 Å². The minimum absolute atomic E-state index is 0.0322. The van der Waals surface area contributed by atoms with Crippen LogP contribution in [0.3, 0.4) is 0 Å². The van der Waals surface area contributed by atoms with Crippen molar-refractivity contribution < 1.29 is 9.18 Å². The van der Waals surface area contributed by atoms with Crippen LogP contribution >= 0.6 is 0 Å². The van der Waals surface area contributed by atoms with E-state index in [-0.39, 0.29) is 5.56 Å². The molecule has 0 spiro atoms. The molecule has 1 amide bonds. The SMILES string of the molecule is O=C(NCCn1ccnc1-c1ncccn1)c1ccccc1F. The van der Waals surface area contributed by atoms with E-state index in [9.17, 15) is 9.18 Å². The lowest BCUT2D eigenvalue weighted by molar-refractivity contribution is 0.0948. The Hall–Kier alpha value is -3.09. The zero-order valence-electron chi connectivity index (χ0n) is 12.2. The molecular formula is C16H14FN5O. The van der Waals surface area contributed by atoms with E-state index in [1.54, 1.807) is 43.0 Å². The second-order valence-corrected chi connectivity index (χ2v) is 4.75. The van der Waals surface area contributed by atoms with Crippen LogP contribution < -0.4 is 5.32 Å². The maximum atomic E-state index is 13.5. The molecule has 6 nitrogen and oxygen atoms in total. The van der Waals surface area contributed by atoms with Gasteiger partial charge in [0.25, 0.3) is 5.91 Å². The molecule has 23 heavy (non-hydrogen) atoms. The van der Waals surface area contributed by atoms with E-state index in [4.69, 9.17) is 0 Å². The van der Waals surface area contributed by atoms with E-state index in [0.717, 1.165) is 0 Å². The van der Waals surface area contributed by atoms with Crippen molar-refractivity contribution in [3.05, 3.63) is 66.5 Å². The standard InChI is InChI=1S/C16H14FN5O/c17-13-5-2-1-4-12(13)16(23)21-9-11-22-10-8-20-15(22)14-18-6-3-7-19-14/h1-8,10H,9,11H2,(H,21,23). The second kappa shape index (κ2) is 6.78. The summed E-state index contributed by atoms with van der Waals surface area (Å²) in [5, 5.41) is 2.69. The summed E-state index contributed by atoms with van der Waals surface area (Å²) in [4.78, 5) is 24.5. The van der Waals surface area contributed by atoms with E-state index in [1.165, 1.54) is 12.1 Å². The summed E-state index contributed by atoms with van der Waals surface area (Å²) < 4.78 is 15.4. The van der Waals surface area contributed by atoms with Gasteiger partial charge in [0.15, 0.2) is 11.6 Å². The summed E-state index contributed by atoms with van der Waals surface area (Å²) in [6.07, 6.45) is 6.70. The first-order valence-electron chi connectivity index (χ1n) is 7.07. The number of amides is 1. The first-order valence-corrected chi connectivity index (χ1v) is 7.07. The van der Waals surface area contributed by atoms with Crippen LogP contribution in [0.1, 0.15) is 10.4 Å². The van der Waals surface area contributed by atoms with Crippen LogP contribution in [0.15, 0.2) is 55.1 Å². The lowest BCUT2D eigenvalue weighted by Gasteiger charge is -2.09. The number of rotatable bonds is 5. The number of halogens is 1. The molecule has 3 rings (SSSR count). The predicted octanol–water partition coefficient (Wildman–Crippen LogP) is 1.91. The highest BCUT2D eigenvalue weighted by atomic mass is 19.1. The first-order chi connectivity index (χ1) is 11.3. The van der Waals surface area contributed by atoms with Gasteiger partial charge in [0.1, 0.15) is 5.82 Å². The summed E-state index contributed by atoms with van der Waals surface area (Å²) in [6.45, 7) is 0.817. The zero-order valence-corrected chi connectivity index (χ0v) is 12.2. The van der Waals surface area contributed by atoms with Crippen molar-refractivity contribution in [1.82, 2.24) is 24.8 Å². The van der Waals surface area contributed by atoms with Gasteiger partial charge < -0.3 is 9.88 Å². The number of carbonyl (C=O) groups is 1. The molecule has 0 saturated heterocycles.